The Balaban J connectivity index is 2.47. The Hall–Kier alpha value is -0.720. The number of rotatable bonds is 10. The first-order chi connectivity index (χ1) is 12.4. The molecule has 0 aliphatic heterocycles. The molecule has 0 heterocycles. The van der Waals surface area contributed by atoms with E-state index in [1.54, 1.807) is 0 Å². The minimum Gasteiger partial charge on any atom is -0.490 e. The van der Waals surface area contributed by atoms with Crippen molar-refractivity contribution in [2.24, 2.45) is 0 Å². The Bertz CT molecular complexity index is 638. The summed E-state index contributed by atoms with van der Waals surface area (Å²) in [7, 11) is -2.52. The van der Waals surface area contributed by atoms with Gasteiger partial charge in [-0.25, -0.2) is 8.57 Å². The van der Waals surface area contributed by atoms with Crippen molar-refractivity contribution in [2.45, 2.75) is 36.7 Å². The maximum atomic E-state index is 13.8. The van der Waals surface area contributed by atoms with Gasteiger partial charge in [-0.3, -0.25) is 4.21 Å². The Labute approximate surface area is 162 Å². The van der Waals surface area contributed by atoms with Crippen molar-refractivity contribution in [3.05, 3.63) is 23.0 Å². The molecule has 1 atom stereocenters. The molecule has 0 radical (unpaired) electrons. The van der Waals surface area contributed by atoms with Crippen LogP contribution in [-0.4, -0.2) is 34.9 Å². The minimum atomic E-state index is -4.70. The fraction of sp³-hybridized carbons (Fsp3) is 0.571. The molecule has 156 valence electrons. The zero-order valence-electron chi connectivity index (χ0n) is 13.5. The van der Waals surface area contributed by atoms with Crippen LogP contribution in [0, 0.1) is 5.82 Å². The highest BCUT2D eigenvalue weighted by molar-refractivity contribution is 7.94. The third-order valence-electron chi connectivity index (χ3n) is 2.81. The molecule has 0 N–H and O–H groups in total. The van der Waals surface area contributed by atoms with Crippen LogP contribution in [0.5, 0.6) is 5.75 Å². The molecule has 0 saturated heterocycles. The summed E-state index contributed by atoms with van der Waals surface area (Å²) in [5.74, 6) is -2.87. The molecule has 0 spiro atoms. The largest absolute Gasteiger partial charge is 0.533 e. The van der Waals surface area contributed by atoms with Crippen molar-refractivity contribution < 1.29 is 43.9 Å². The summed E-state index contributed by atoms with van der Waals surface area (Å²) >= 11 is 5.90. The number of hydrogen-bond acceptors (Lipinski definition) is 4. The quantitative estimate of drug-likeness (QED) is 0.247. The van der Waals surface area contributed by atoms with Gasteiger partial charge in [0.25, 0.3) is 0 Å². The van der Waals surface area contributed by atoms with Gasteiger partial charge >= 0.3 is 12.5 Å². The average Bonchev–Trinajstić information content (AvgIpc) is 2.48. The highest BCUT2D eigenvalue weighted by atomic mass is 35.5. The summed E-state index contributed by atoms with van der Waals surface area (Å²) in [6.45, 7) is -0.0330. The lowest BCUT2D eigenvalue weighted by Gasteiger charge is -2.12. The zero-order chi connectivity index (χ0) is 20.7. The molecular formula is C14H14ClF7O3S2. The fourth-order valence-electron chi connectivity index (χ4n) is 1.75. The van der Waals surface area contributed by atoms with Crippen LogP contribution in [0.4, 0.5) is 30.7 Å². The molecule has 1 unspecified atom stereocenters. The van der Waals surface area contributed by atoms with Crippen LogP contribution in [0.15, 0.2) is 17.0 Å². The van der Waals surface area contributed by atoms with Crippen LogP contribution < -0.4 is 4.74 Å². The first-order valence-electron chi connectivity index (χ1n) is 7.33. The van der Waals surface area contributed by atoms with Gasteiger partial charge < -0.3 is 4.74 Å². The molecule has 13 heteroatoms. The second kappa shape index (κ2) is 10.7. The van der Waals surface area contributed by atoms with Crippen molar-refractivity contribution in [1.29, 1.82) is 0 Å². The predicted octanol–water partition coefficient (Wildman–Crippen LogP) is 5.88. The van der Waals surface area contributed by atoms with Gasteiger partial charge in [0.15, 0.2) is 11.6 Å². The smallest absolute Gasteiger partial charge is 0.490 e. The maximum absolute atomic E-state index is 13.8. The monoisotopic (exact) mass is 462 g/mol. The van der Waals surface area contributed by atoms with Gasteiger partial charge in [-0.1, -0.05) is 11.6 Å². The van der Waals surface area contributed by atoms with Crippen LogP contribution in [0.3, 0.4) is 0 Å². The number of halogens is 8. The van der Waals surface area contributed by atoms with E-state index in [4.69, 9.17) is 16.3 Å². The van der Waals surface area contributed by atoms with Crippen LogP contribution in [0.25, 0.3) is 0 Å². The molecule has 27 heavy (non-hydrogen) atoms. The van der Waals surface area contributed by atoms with E-state index < -0.39 is 50.6 Å². The van der Waals surface area contributed by atoms with Gasteiger partial charge in [-0.05, 0) is 25.3 Å². The van der Waals surface area contributed by atoms with Gasteiger partial charge in [0.1, 0.15) is 5.75 Å². The van der Waals surface area contributed by atoms with Gasteiger partial charge in [-0.15, -0.1) is 13.2 Å². The number of benzene rings is 1. The Morgan fingerprint density at radius 1 is 1.07 bits per heavy atom. The van der Waals surface area contributed by atoms with E-state index in [0.717, 1.165) is 6.07 Å². The summed E-state index contributed by atoms with van der Waals surface area (Å²) in [6, 6.07) is 1.57. The third-order valence-corrected chi connectivity index (χ3v) is 5.41. The third kappa shape index (κ3) is 10.4. The zero-order valence-corrected chi connectivity index (χ0v) is 15.9. The van der Waals surface area contributed by atoms with Gasteiger partial charge in [0.05, 0.1) is 27.3 Å². The molecule has 0 saturated carbocycles. The van der Waals surface area contributed by atoms with Crippen LogP contribution >= 0.6 is 23.6 Å². The first kappa shape index (κ1) is 24.3. The van der Waals surface area contributed by atoms with Crippen LogP contribution in [0.1, 0.15) is 19.3 Å². The van der Waals surface area contributed by atoms with E-state index in [9.17, 15) is 34.9 Å². The SMILES string of the molecule is O=S(CC(F)(F)F)c1cc(OCCCCCSOC(F)(F)F)c(F)cc1Cl. The summed E-state index contributed by atoms with van der Waals surface area (Å²) in [4.78, 5) is -0.397. The van der Waals surface area contributed by atoms with Crippen molar-refractivity contribution >= 4 is 34.4 Å². The molecule has 0 bridgehead atoms. The van der Waals surface area contributed by atoms with E-state index in [1.165, 1.54) is 0 Å². The van der Waals surface area contributed by atoms with Gasteiger partial charge in [-0.2, -0.15) is 13.2 Å². The normalized spacial score (nSPS) is 13.6. The lowest BCUT2D eigenvalue weighted by atomic mass is 10.2. The molecule has 0 fully saturated rings. The Morgan fingerprint density at radius 2 is 1.74 bits per heavy atom. The highest BCUT2D eigenvalue weighted by Gasteiger charge is 2.32. The second-order valence-corrected chi connectivity index (χ2v) is 7.72. The van der Waals surface area contributed by atoms with E-state index in [2.05, 4.69) is 4.18 Å². The molecule has 0 aromatic heterocycles. The Kier molecular flexibility index (Phi) is 9.66. The number of hydrogen-bond donors (Lipinski definition) is 0. The van der Waals surface area contributed by atoms with Crippen LogP contribution in [0.2, 0.25) is 5.02 Å². The Morgan fingerprint density at radius 3 is 2.33 bits per heavy atom. The maximum Gasteiger partial charge on any atom is 0.533 e. The van der Waals surface area contributed by atoms with Crippen molar-refractivity contribution in [3.8, 4) is 5.75 Å². The van der Waals surface area contributed by atoms with Crippen LogP contribution in [-0.2, 0) is 15.0 Å². The standard InChI is InChI=1S/C14H14ClF7O3S2/c15-9-6-10(16)11(7-12(9)27(23)8-13(17,18)19)24-4-2-1-3-5-26-25-14(20,21)22/h6-7H,1-5,8H2. The first-order valence-corrected chi connectivity index (χ1v) is 9.94. The molecule has 1 aromatic carbocycles. The number of unbranched alkanes of at least 4 members (excludes halogenated alkanes) is 2. The lowest BCUT2D eigenvalue weighted by molar-refractivity contribution is -0.266. The summed E-state index contributed by atoms with van der Waals surface area (Å²) in [5.41, 5.74) is 0. The van der Waals surface area contributed by atoms with E-state index in [0.29, 0.717) is 25.3 Å². The predicted molar refractivity (Wildman–Crippen MR) is 87.7 cm³/mol. The molecular weight excluding hydrogens is 449 g/mol. The minimum absolute atomic E-state index is 0.0330. The van der Waals surface area contributed by atoms with E-state index in [-0.39, 0.29) is 24.4 Å². The van der Waals surface area contributed by atoms with Crippen molar-refractivity contribution in [3.63, 3.8) is 0 Å². The summed E-state index contributed by atoms with van der Waals surface area (Å²) in [5, 5.41) is -0.413. The molecule has 0 aliphatic carbocycles. The number of ether oxygens (including phenoxy) is 1. The van der Waals surface area contributed by atoms with E-state index in [1.807, 2.05) is 0 Å². The molecule has 3 nitrogen and oxygen atoms in total. The number of alkyl halides is 6. The van der Waals surface area contributed by atoms with Crippen molar-refractivity contribution in [1.82, 2.24) is 0 Å². The molecule has 0 amide bonds. The lowest BCUT2D eigenvalue weighted by Crippen LogP contribution is -2.18. The summed E-state index contributed by atoms with van der Waals surface area (Å²) < 4.78 is 106. The molecule has 1 rings (SSSR count). The van der Waals surface area contributed by atoms with E-state index >= 15 is 0 Å². The topological polar surface area (TPSA) is 35.5 Å². The summed E-state index contributed by atoms with van der Waals surface area (Å²) in [6.07, 6.45) is -8.19. The average molecular weight is 463 g/mol. The van der Waals surface area contributed by atoms with Gasteiger partial charge in [0, 0.05) is 23.9 Å². The fourth-order valence-corrected chi connectivity index (χ4v) is 3.67. The van der Waals surface area contributed by atoms with Crippen molar-refractivity contribution in [2.75, 3.05) is 18.1 Å². The molecule has 1 aromatic rings. The molecule has 0 aliphatic rings. The highest BCUT2D eigenvalue weighted by Crippen LogP contribution is 2.31. The van der Waals surface area contributed by atoms with Gasteiger partial charge in [0.2, 0.25) is 0 Å². The second-order valence-electron chi connectivity index (χ2n) is 5.08.